The van der Waals surface area contributed by atoms with Crippen molar-refractivity contribution in [3.05, 3.63) is 46.8 Å². The monoisotopic (exact) mass is 225 g/mol. The summed E-state index contributed by atoms with van der Waals surface area (Å²) in [7, 11) is -4.56. The number of para-hydroxylation sites is 1. The molecule has 0 radical (unpaired) electrons. The highest BCUT2D eigenvalue weighted by Crippen LogP contribution is 2.11. The van der Waals surface area contributed by atoms with Gasteiger partial charge >= 0.3 is 10.3 Å². The summed E-state index contributed by atoms with van der Waals surface area (Å²) < 4.78 is 31.2. The second kappa shape index (κ2) is 3.18. The first-order chi connectivity index (χ1) is 7.00. The highest BCUT2D eigenvalue weighted by molar-refractivity contribution is 7.84. The number of hydrogen-bond acceptors (Lipinski definition) is 3. The Bertz CT molecular complexity index is 672. The molecule has 0 bridgehead atoms. The molecule has 15 heavy (non-hydrogen) atoms. The average molecular weight is 225 g/mol. The molecule has 0 spiro atoms. The maximum atomic E-state index is 11.3. The van der Waals surface area contributed by atoms with Crippen LogP contribution < -0.4 is 5.56 Å². The fourth-order valence-corrected chi connectivity index (χ4v) is 2.10. The van der Waals surface area contributed by atoms with E-state index in [1.54, 1.807) is 18.2 Å². The number of pyridine rings is 1. The van der Waals surface area contributed by atoms with Gasteiger partial charge < -0.3 is 0 Å². The lowest BCUT2D eigenvalue weighted by molar-refractivity contribution is 0.472. The highest BCUT2D eigenvalue weighted by Gasteiger charge is 2.13. The average Bonchev–Trinajstić information content (AvgIpc) is 2.15. The molecule has 0 aliphatic heterocycles. The summed E-state index contributed by atoms with van der Waals surface area (Å²) in [6.07, 6.45) is 0. The quantitative estimate of drug-likeness (QED) is 0.723. The van der Waals surface area contributed by atoms with Crippen LogP contribution in [0, 0.1) is 0 Å². The molecular weight excluding hydrogens is 218 g/mol. The Labute approximate surface area is 85.5 Å². The van der Waals surface area contributed by atoms with E-state index in [1.807, 2.05) is 0 Å². The molecule has 0 aliphatic carbocycles. The van der Waals surface area contributed by atoms with Gasteiger partial charge in [0.1, 0.15) is 0 Å². The molecular formula is C9H7NO4S. The number of hydrogen-bond donors (Lipinski definition) is 1. The molecule has 0 saturated carbocycles. The zero-order valence-corrected chi connectivity index (χ0v) is 8.31. The van der Waals surface area contributed by atoms with E-state index in [0.29, 0.717) is 9.36 Å². The van der Waals surface area contributed by atoms with Gasteiger partial charge in [0.15, 0.2) is 0 Å². The molecule has 0 saturated heterocycles. The summed E-state index contributed by atoms with van der Waals surface area (Å²) in [5.74, 6) is 0. The van der Waals surface area contributed by atoms with E-state index >= 15 is 0 Å². The molecule has 1 N–H and O–H groups in total. The highest BCUT2D eigenvalue weighted by atomic mass is 32.2. The third-order valence-electron chi connectivity index (χ3n) is 1.99. The minimum Gasteiger partial charge on any atom is -0.269 e. The van der Waals surface area contributed by atoms with Crippen LogP contribution in [0.5, 0.6) is 0 Å². The van der Waals surface area contributed by atoms with Gasteiger partial charge in [-0.05, 0) is 17.5 Å². The van der Waals surface area contributed by atoms with Crippen LogP contribution in [-0.2, 0) is 10.3 Å². The lowest BCUT2D eigenvalue weighted by Crippen LogP contribution is -2.26. The van der Waals surface area contributed by atoms with E-state index in [0.717, 1.165) is 6.07 Å². The summed E-state index contributed by atoms with van der Waals surface area (Å²) >= 11 is 0. The lowest BCUT2D eigenvalue weighted by Gasteiger charge is -2.05. The molecule has 0 amide bonds. The third kappa shape index (κ3) is 1.64. The first-order valence-electron chi connectivity index (χ1n) is 4.09. The summed E-state index contributed by atoms with van der Waals surface area (Å²) in [5.41, 5.74) is -0.622. The summed E-state index contributed by atoms with van der Waals surface area (Å²) in [6.45, 7) is 0. The van der Waals surface area contributed by atoms with Crippen molar-refractivity contribution in [1.82, 2.24) is 3.97 Å². The molecule has 0 unspecified atom stereocenters. The fraction of sp³-hybridized carbons (Fsp3) is 0. The van der Waals surface area contributed by atoms with Crippen molar-refractivity contribution in [2.75, 3.05) is 0 Å². The van der Waals surface area contributed by atoms with Crippen LogP contribution in [0.25, 0.3) is 10.9 Å². The van der Waals surface area contributed by atoms with Crippen LogP contribution in [-0.4, -0.2) is 16.9 Å². The zero-order valence-electron chi connectivity index (χ0n) is 7.49. The molecule has 1 aromatic heterocycles. The largest absolute Gasteiger partial charge is 0.366 e. The molecule has 0 fully saturated rings. The molecule has 2 rings (SSSR count). The maximum absolute atomic E-state index is 11.3. The second-order valence-electron chi connectivity index (χ2n) is 2.97. The van der Waals surface area contributed by atoms with Crippen molar-refractivity contribution < 1.29 is 13.0 Å². The predicted octanol–water partition coefficient (Wildman–Crippen LogP) is 0.652. The van der Waals surface area contributed by atoms with Crippen molar-refractivity contribution in [3.63, 3.8) is 0 Å². The first-order valence-corrected chi connectivity index (χ1v) is 5.48. The Balaban J connectivity index is 3.06. The number of nitrogens with zero attached hydrogens (tertiary/aromatic N) is 1. The molecule has 5 nitrogen and oxygen atoms in total. The van der Waals surface area contributed by atoms with Gasteiger partial charge in [-0.25, -0.2) is 0 Å². The Kier molecular flexibility index (Phi) is 2.09. The van der Waals surface area contributed by atoms with Gasteiger partial charge in [-0.1, -0.05) is 18.2 Å². The van der Waals surface area contributed by atoms with Crippen LogP contribution in [0.2, 0.25) is 0 Å². The van der Waals surface area contributed by atoms with Crippen LogP contribution in [0.1, 0.15) is 0 Å². The number of fused-ring (bicyclic) bond motifs is 1. The number of benzene rings is 1. The van der Waals surface area contributed by atoms with Crippen molar-refractivity contribution >= 4 is 21.2 Å². The van der Waals surface area contributed by atoms with Crippen LogP contribution >= 0.6 is 0 Å². The normalized spacial score (nSPS) is 11.8. The minimum atomic E-state index is -4.56. The van der Waals surface area contributed by atoms with Crippen molar-refractivity contribution in [2.24, 2.45) is 0 Å². The van der Waals surface area contributed by atoms with Gasteiger partial charge in [-0.15, -0.1) is 0 Å². The second-order valence-corrected chi connectivity index (χ2v) is 4.23. The van der Waals surface area contributed by atoms with Gasteiger partial charge in [-0.2, -0.15) is 12.4 Å². The summed E-state index contributed by atoms with van der Waals surface area (Å²) in [5, 5.41) is 0.565. The Morgan fingerprint density at radius 3 is 2.40 bits per heavy atom. The van der Waals surface area contributed by atoms with E-state index in [1.165, 1.54) is 12.1 Å². The first kappa shape index (κ1) is 9.88. The standard InChI is InChI=1S/C9H7NO4S/c11-9-6-5-7-3-1-2-4-8(7)10(9)15(12,13)14/h1-6H,(H,12,13,14). The van der Waals surface area contributed by atoms with E-state index in [2.05, 4.69) is 0 Å². The van der Waals surface area contributed by atoms with Crippen molar-refractivity contribution in [2.45, 2.75) is 0 Å². The van der Waals surface area contributed by atoms with E-state index < -0.39 is 15.9 Å². The van der Waals surface area contributed by atoms with Crippen LogP contribution in [0.15, 0.2) is 41.2 Å². The third-order valence-corrected chi connectivity index (χ3v) is 2.83. The lowest BCUT2D eigenvalue weighted by atomic mass is 10.2. The molecule has 1 aromatic carbocycles. The van der Waals surface area contributed by atoms with Gasteiger partial charge in [0.05, 0.1) is 5.52 Å². The summed E-state index contributed by atoms with van der Waals surface area (Å²) in [6, 6.07) is 8.99. The van der Waals surface area contributed by atoms with Crippen molar-refractivity contribution in [3.8, 4) is 0 Å². The predicted molar refractivity (Wildman–Crippen MR) is 55.2 cm³/mol. The van der Waals surface area contributed by atoms with E-state index in [9.17, 15) is 13.2 Å². The van der Waals surface area contributed by atoms with E-state index in [4.69, 9.17) is 4.55 Å². The topological polar surface area (TPSA) is 76.4 Å². The SMILES string of the molecule is O=c1ccc2ccccc2n1S(=O)(=O)O. The zero-order chi connectivity index (χ0) is 11.1. The molecule has 0 atom stereocenters. The van der Waals surface area contributed by atoms with Gasteiger partial charge in [0.2, 0.25) is 0 Å². The number of aromatic nitrogens is 1. The molecule has 6 heteroatoms. The van der Waals surface area contributed by atoms with Gasteiger partial charge in [0, 0.05) is 6.07 Å². The van der Waals surface area contributed by atoms with Crippen LogP contribution in [0.3, 0.4) is 0 Å². The molecule has 0 aliphatic rings. The minimum absolute atomic E-state index is 0.160. The van der Waals surface area contributed by atoms with Crippen LogP contribution in [0.4, 0.5) is 0 Å². The molecule has 78 valence electrons. The van der Waals surface area contributed by atoms with Gasteiger partial charge in [-0.3, -0.25) is 9.35 Å². The smallest absolute Gasteiger partial charge is 0.269 e. The number of rotatable bonds is 1. The van der Waals surface area contributed by atoms with Crippen molar-refractivity contribution in [1.29, 1.82) is 0 Å². The Hall–Kier alpha value is -1.66. The maximum Gasteiger partial charge on any atom is 0.366 e. The fourth-order valence-electron chi connectivity index (χ4n) is 1.40. The Morgan fingerprint density at radius 2 is 1.73 bits per heavy atom. The van der Waals surface area contributed by atoms with E-state index in [-0.39, 0.29) is 5.52 Å². The molecule has 2 aromatic rings. The molecule has 1 heterocycles. The summed E-state index contributed by atoms with van der Waals surface area (Å²) in [4.78, 5) is 11.3. The van der Waals surface area contributed by atoms with Gasteiger partial charge in [0.25, 0.3) is 5.56 Å². The Morgan fingerprint density at radius 1 is 1.07 bits per heavy atom.